The average Bonchev–Trinajstić information content (AvgIpc) is 2.48. The molecule has 1 amide bonds. The Labute approximate surface area is 136 Å². The number of nitrogens with zero attached hydrogens (tertiary/aromatic N) is 1. The number of carboxylic acids is 1. The van der Waals surface area contributed by atoms with E-state index >= 15 is 0 Å². The van der Waals surface area contributed by atoms with Crippen molar-refractivity contribution < 1.29 is 19.4 Å². The number of hydrogen-bond donors (Lipinski definition) is 1. The largest absolute Gasteiger partial charge is 0.480 e. The molecule has 114 valence electrons. The van der Waals surface area contributed by atoms with Crippen LogP contribution in [0.25, 0.3) is 0 Å². The second kappa shape index (κ2) is 7.24. The van der Waals surface area contributed by atoms with E-state index in [-0.39, 0.29) is 18.6 Å². The SMILES string of the molecule is O=C(O)COC1CCN(C(=O)c2ccc(Br)c(Cl)c2)CC1. The van der Waals surface area contributed by atoms with Crippen molar-refractivity contribution in [3.63, 3.8) is 0 Å². The summed E-state index contributed by atoms with van der Waals surface area (Å²) in [5.41, 5.74) is 0.549. The Morgan fingerprint density at radius 3 is 2.62 bits per heavy atom. The van der Waals surface area contributed by atoms with Gasteiger partial charge in [0.15, 0.2) is 0 Å². The first-order valence-corrected chi connectivity index (χ1v) is 7.72. The fraction of sp³-hybridized carbons (Fsp3) is 0.429. The zero-order valence-electron chi connectivity index (χ0n) is 11.2. The van der Waals surface area contributed by atoms with E-state index in [1.165, 1.54) is 0 Å². The second-order valence-electron chi connectivity index (χ2n) is 4.83. The summed E-state index contributed by atoms with van der Waals surface area (Å²) < 4.78 is 6.00. The standard InChI is InChI=1S/C14H15BrClNO4/c15-11-2-1-9(7-12(11)16)14(20)17-5-3-10(4-6-17)21-8-13(18)19/h1-2,7,10H,3-6,8H2,(H,18,19). The van der Waals surface area contributed by atoms with Crippen molar-refractivity contribution in [3.8, 4) is 0 Å². The monoisotopic (exact) mass is 375 g/mol. The predicted octanol–water partition coefficient (Wildman–Crippen LogP) is 2.81. The fourth-order valence-corrected chi connectivity index (χ4v) is 2.65. The Balaban J connectivity index is 1.90. The number of aliphatic carboxylic acids is 1. The molecule has 0 bridgehead atoms. The summed E-state index contributed by atoms with van der Waals surface area (Å²) in [6.45, 7) is 0.814. The highest BCUT2D eigenvalue weighted by Crippen LogP contribution is 2.24. The number of halogens is 2. The lowest BCUT2D eigenvalue weighted by molar-refractivity contribution is -0.145. The molecule has 1 N–H and O–H groups in total. The van der Waals surface area contributed by atoms with Crippen LogP contribution in [0.5, 0.6) is 0 Å². The minimum absolute atomic E-state index is 0.0684. The Morgan fingerprint density at radius 1 is 1.38 bits per heavy atom. The highest BCUT2D eigenvalue weighted by molar-refractivity contribution is 9.10. The number of ether oxygens (including phenoxy) is 1. The quantitative estimate of drug-likeness (QED) is 0.877. The van der Waals surface area contributed by atoms with Gasteiger partial charge in [-0.1, -0.05) is 11.6 Å². The van der Waals surface area contributed by atoms with E-state index in [1.54, 1.807) is 23.1 Å². The molecule has 2 rings (SSSR count). The van der Waals surface area contributed by atoms with Crippen LogP contribution in [0.1, 0.15) is 23.2 Å². The normalized spacial score (nSPS) is 16.0. The molecule has 7 heteroatoms. The van der Waals surface area contributed by atoms with Crippen LogP contribution in [0.4, 0.5) is 0 Å². The highest BCUT2D eigenvalue weighted by Gasteiger charge is 2.24. The van der Waals surface area contributed by atoms with Crippen molar-refractivity contribution in [3.05, 3.63) is 33.3 Å². The number of carboxylic acid groups (broad SMARTS) is 1. The van der Waals surface area contributed by atoms with Crippen LogP contribution in [-0.2, 0) is 9.53 Å². The van der Waals surface area contributed by atoms with Gasteiger partial charge in [-0.25, -0.2) is 4.79 Å². The summed E-state index contributed by atoms with van der Waals surface area (Å²) in [6.07, 6.45) is 1.19. The fourth-order valence-electron chi connectivity index (χ4n) is 2.23. The van der Waals surface area contributed by atoms with Gasteiger partial charge in [-0.2, -0.15) is 0 Å². The molecule has 0 saturated carbocycles. The Morgan fingerprint density at radius 2 is 2.05 bits per heavy atom. The summed E-state index contributed by atoms with van der Waals surface area (Å²) in [6, 6.07) is 5.12. The lowest BCUT2D eigenvalue weighted by Gasteiger charge is -2.31. The average molecular weight is 377 g/mol. The number of rotatable bonds is 4. The molecule has 5 nitrogen and oxygen atoms in total. The van der Waals surface area contributed by atoms with E-state index < -0.39 is 5.97 Å². The summed E-state index contributed by atoms with van der Waals surface area (Å²) in [4.78, 5) is 24.5. The van der Waals surface area contributed by atoms with E-state index in [4.69, 9.17) is 21.4 Å². The summed E-state index contributed by atoms with van der Waals surface area (Å²) in [5.74, 6) is -1.04. The number of amides is 1. The topological polar surface area (TPSA) is 66.8 Å². The van der Waals surface area contributed by atoms with E-state index in [0.29, 0.717) is 36.5 Å². The molecule has 0 spiro atoms. The molecule has 0 aliphatic carbocycles. The molecule has 1 aromatic carbocycles. The van der Waals surface area contributed by atoms with Gasteiger partial charge in [0, 0.05) is 23.1 Å². The van der Waals surface area contributed by atoms with Gasteiger partial charge in [-0.15, -0.1) is 0 Å². The summed E-state index contributed by atoms with van der Waals surface area (Å²) >= 11 is 9.29. The van der Waals surface area contributed by atoms with Crippen LogP contribution in [0, 0.1) is 0 Å². The first-order valence-electron chi connectivity index (χ1n) is 6.55. The maximum absolute atomic E-state index is 12.4. The molecular weight excluding hydrogens is 362 g/mol. The molecule has 0 unspecified atom stereocenters. The van der Waals surface area contributed by atoms with Crippen molar-refractivity contribution in [2.75, 3.05) is 19.7 Å². The summed E-state index contributed by atoms with van der Waals surface area (Å²) in [7, 11) is 0. The van der Waals surface area contributed by atoms with Crippen LogP contribution in [-0.4, -0.2) is 47.7 Å². The first kappa shape index (κ1) is 16.3. The second-order valence-corrected chi connectivity index (χ2v) is 6.09. The molecular formula is C14H15BrClNO4. The van der Waals surface area contributed by atoms with Crippen LogP contribution in [0.2, 0.25) is 5.02 Å². The molecule has 0 radical (unpaired) electrons. The lowest BCUT2D eigenvalue weighted by Crippen LogP contribution is -2.41. The van der Waals surface area contributed by atoms with Gasteiger partial charge < -0.3 is 14.7 Å². The van der Waals surface area contributed by atoms with Gasteiger partial charge in [-0.05, 0) is 47.0 Å². The molecule has 21 heavy (non-hydrogen) atoms. The van der Waals surface area contributed by atoms with Crippen LogP contribution < -0.4 is 0 Å². The third kappa shape index (κ3) is 4.43. The number of likely N-dealkylation sites (tertiary alicyclic amines) is 1. The molecule has 1 aromatic rings. The minimum Gasteiger partial charge on any atom is -0.480 e. The van der Waals surface area contributed by atoms with Crippen molar-refractivity contribution in [2.24, 2.45) is 0 Å². The van der Waals surface area contributed by atoms with Crippen molar-refractivity contribution in [2.45, 2.75) is 18.9 Å². The zero-order valence-corrected chi connectivity index (χ0v) is 13.6. The van der Waals surface area contributed by atoms with Crippen molar-refractivity contribution >= 4 is 39.4 Å². The molecule has 0 aromatic heterocycles. The Hall–Kier alpha value is -1.11. The third-order valence-corrected chi connectivity index (χ3v) is 4.57. The number of carbonyl (C=O) groups is 2. The molecule has 1 aliphatic heterocycles. The number of benzene rings is 1. The van der Waals surface area contributed by atoms with E-state index in [0.717, 1.165) is 4.47 Å². The van der Waals surface area contributed by atoms with Crippen LogP contribution in [0.3, 0.4) is 0 Å². The summed E-state index contributed by atoms with van der Waals surface area (Å²) in [5, 5.41) is 9.08. The molecule has 1 fully saturated rings. The van der Waals surface area contributed by atoms with E-state index in [2.05, 4.69) is 15.9 Å². The van der Waals surface area contributed by atoms with Gasteiger partial charge in [0.2, 0.25) is 0 Å². The number of hydrogen-bond acceptors (Lipinski definition) is 3. The lowest BCUT2D eigenvalue weighted by atomic mass is 10.1. The number of piperidine rings is 1. The smallest absolute Gasteiger partial charge is 0.329 e. The van der Waals surface area contributed by atoms with Gasteiger partial charge in [0.05, 0.1) is 11.1 Å². The molecule has 1 saturated heterocycles. The Bertz CT molecular complexity index is 544. The molecule has 1 aliphatic rings. The van der Waals surface area contributed by atoms with Gasteiger partial charge >= 0.3 is 5.97 Å². The van der Waals surface area contributed by atoms with E-state index in [1.807, 2.05) is 0 Å². The Kier molecular flexibility index (Phi) is 5.61. The minimum atomic E-state index is -0.974. The van der Waals surface area contributed by atoms with Crippen LogP contribution >= 0.6 is 27.5 Å². The van der Waals surface area contributed by atoms with E-state index in [9.17, 15) is 9.59 Å². The van der Waals surface area contributed by atoms with Gasteiger partial charge in [0.1, 0.15) is 6.61 Å². The van der Waals surface area contributed by atoms with Crippen LogP contribution in [0.15, 0.2) is 22.7 Å². The highest BCUT2D eigenvalue weighted by atomic mass is 79.9. The zero-order chi connectivity index (χ0) is 15.4. The number of carbonyl (C=O) groups excluding carboxylic acids is 1. The predicted molar refractivity (Wildman–Crippen MR) is 81.7 cm³/mol. The molecule has 0 atom stereocenters. The van der Waals surface area contributed by atoms with Gasteiger partial charge in [0.25, 0.3) is 5.91 Å². The maximum Gasteiger partial charge on any atom is 0.329 e. The molecule has 1 heterocycles. The maximum atomic E-state index is 12.4. The first-order chi connectivity index (χ1) is 9.97. The van der Waals surface area contributed by atoms with Crippen molar-refractivity contribution in [1.82, 2.24) is 4.90 Å². The van der Waals surface area contributed by atoms with Gasteiger partial charge in [-0.3, -0.25) is 4.79 Å². The third-order valence-electron chi connectivity index (χ3n) is 3.34. The van der Waals surface area contributed by atoms with Crippen molar-refractivity contribution in [1.29, 1.82) is 0 Å².